The Bertz CT molecular complexity index is 964. The molecule has 0 fully saturated rings. The lowest BCUT2D eigenvalue weighted by Crippen LogP contribution is -2.03. The second kappa shape index (κ2) is 8.84. The van der Waals surface area contributed by atoms with Crippen LogP contribution in [0.4, 0.5) is 0 Å². The van der Waals surface area contributed by atoms with Crippen molar-refractivity contribution in [1.82, 2.24) is 0 Å². The van der Waals surface area contributed by atoms with Crippen LogP contribution >= 0.6 is 0 Å². The predicted octanol–water partition coefficient (Wildman–Crippen LogP) is 3.61. The zero-order valence-corrected chi connectivity index (χ0v) is 15.9. The zero-order chi connectivity index (χ0) is 20.0. The number of phenolic OH excluding ortho intramolecular Hbond substituents is 1. The number of aromatic hydroxyl groups is 1. The molecular weight excluding hydrogens is 352 g/mol. The maximum Gasteiger partial charge on any atom is 0.204 e. The Balaban J connectivity index is 2.60. The summed E-state index contributed by atoms with van der Waals surface area (Å²) < 4.78 is 26.6. The molecule has 0 bridgehead atoms. The number of hydrogen-bond donors (Lipinski definition) is 1. The van der Waals surface area contributed by atoms with Crippen LogP contribution in [0, 0.1) is 0 Å². The maximum absolute atomic E-state index is 12.5. The number of benzene rings is 1. The summed E-state index contributed by atoms with van der Waals surface area (Å²) in [6.07, 6.45) is 6.73. The van der Waals surface area contributed by atoms with Crippen molar-refractivity contribution in [2.75, 3.05) is 28.4 Å². The van der Waals surface area contributed by atoms with Crippen molar-refractivity contribution >= 4 is 17.0 Å². The SMILES string of the molecule is C\C=C/C(OC)=C(\C=C\c1cc(=O)c2c(O)c(OC)c(OC)cc2o1)OC. The zero-order valence-electron chi connectivity index (χ0n) is 15.9. The second-order valence-electron chi connectivity index (χ2n) is 5.32. The fourth-order valence-electron chi connectivity index (χ4n) is 2.52. The minimum absolute atomic E-state index is 0.0128. The van der Waals surface area contributed by atoms with Gasteiger partial charge in [0, 0.05) is 12.1 Å². The Kier molecular flexibility index (Phi) is 6.54. The van der Waals surface area contributed by atoms with E-state index >= 15 is 0 Å². The van der Waals surface area contributed by atoms with Crippen molar-refractivity contribution in [1.29, 1.82) is 0 Å². The van der Waals surface area contributed by atoms with Crippen molar-refractivity contribution in [3.05, 3.63) is 57.9 Å². The van der Waals surface area contributed by atoms with Gasteiger partial charge in [0.25, 0.3) is 0 Å². The van der Waals surface area contributed by atoms with E-state index in [1.165, 1.54) is 40.6 Å². The third-order valence-corrected chi connectivity index (χ3v) is 3.76. The summed E-state index contributed by atoms with van der Waals surface area (Å²) in [5.41, 5.74) is -0.251. The predicted molar refractivity (Wildman–Crippen MR) is 102 cm³/mol. The van der Waals surface area contributed by atoms with Crippen LogP contribution in [-0.4, -0.2) is 33.5 Å². The highest BCUT2D eigenvalue weighted by atomic mass is 16.5. The van der Waals surface area contributed by atoms with Gasteiger partial charge < -0.3 is 28.5 Å². The van der Waals surface area contributed by atoms with Crippen molar-refractivity contribution < 1.29 is 28.5 Å². The van der Waals surface area contributed by atoms with E-state index in [1.807, 2.05) is 13.0 Å². The van der Waals surface area contributed by atoms with Gasteiger partial charge in [-0.05, 0) is 25.2 Å². The lowest BCUT2D eigenvalue weighted by Gasteiger charge is -2.11. The Morgan fingerprint density at radius 3 is 2.26 bits per heavy atom. The van der Waals surface area contributed by atoms with E-state index in [9.17, 15) is 9.90 Å². The molecule has 1 heterocycles. The van der Waals surface area contributed by atoms with Crippen molar-refractivity contribution in [3.8, 4) is 17.2 Å². The molecule has 2 rings (SSSR count). The number of allylic oxidation sites excluding steroid dienone is 3. The van der Waals surface area contributed by atoms with Gasteiger partial charge in [-0.1, -0.05) is 6.08 Å². The van der Waals surface area contributed by atoms with Crippen LogP contribution in [-0.2, 0) is 9.47 Å². The Labute approximate surface area is 156 Å². The van der Waals surface area contributed by atoms with E-state index in [-0.39, 0.29) is 34.0 Å². The number of ether oxygens (including phenoxy) is 4. The van der Waals surface area contributed by atoms with E-state index in [4.69, 9.17) is 23.4 Å². The molecule has 0 amide bonds. The Morgan fingerprint density at radius 1 is 1.04 bits per heavy atom. The average Bonchev–Trinajstić information content (AvgIpc) is 2.66. The van der Waals surface area contributed by atoms with Crippen LogP contribution in [0.1, 0.15) is 12.7 Å². The van der Waals surface area contributed by atoms with Crippen LogP contribution < -0.4 is 14.9 Å². The molecule has 0 aliphatic carbocycles. The van der Waals surface area contributed by atoms with Gasteiger partial charge in [-0.25, -0.2) is 0 Å². The molecule has 0 aliphatic heterocycles. The summed E-state index contributed by atoms with van der Waals surface area (Å²) in [5, 5.41) is 10.3. The molecule has 7 heteroatoms. The normalized spacial score (nSPS) is 12.5. The smallest absolute Gasteiger partial charge is 0.204 e. The first kappa shape index (κ1) is 20.0. The molecule has 7 nitrogen and oxygen atoms in total. The van der Waals surface area contributed by atoms with E-state index in [1.54, 1.807) is 18.2 Å². The van der Waals surface area contributed by atoms with Crippen LogP contribution in [0.2, 0.25) is 0 Å². The molecule has 2 aromatic rings. The molecule has 27 heavy (non-hydrogen) atoms. The number of phenols is 1. The highest BCUT2D eigenvalue weighted by molar-refractivity contribution is 5.89. The number of hydrogen-bond acceptors (Lipinski definition) is 7. The molecule has 0 spiro atoms. The van der Waals surface area contributed by atoms with Gasteiger partial charge in [0.1, 0.15) is 16.7 Å². The molecule has 0 saturated heterocycles. The van der Waals surface area contributed by atoms with E-state index in [0.717, 1.165) is 0 Å². The van der Waals surface area contributed by atoms with Gasteiger partial charge in [0.15, 0.2) is 28.4 Å². The molecule has 1 aromatic heterocycles. The Morgan fingerprint density at radius 2 is 1.70 bits per heavy atom. The van der Waals surface area contributed by atoms with E-state index < -0.39 is 5.43 Å². The minimum Gasteiger partial charge on any atom is -0.504 e. The van der Waals surface area contributed by atoms with Gasteiger partial charge in [0.2, 0.25) is 5.75 Å². The van der Waals surface area contributed by atoms with Crippen molar-refractivity contribution in [2.24, 2.45) is 0 Å². The molecule has 0 saturated carbocycles. The topological polar surface area (TPSA) is 87.4 Å². The highest BCUT2D eigenvalue weighted by Crippen LogP contribution is 2.41. The number of methoxy groups -OCH3 is 4. The maximum atomic E-state index is 12.5. The second-order valence-corrected chi connectivity index (χ2v) is 5.32. The molecule has 0 unspecified atom stereocenters. The molecular formula is C20H22O7. The molecule has 1 aromatic carbocycles. The summed E-state index contributed by atoms with van der Waals surface area (Å²) in [6, 6.07) is 2.75. The minimum atomic E-state index is -0.419. The molecule has 0 radical (unpaired) electrons. The number of fused-ring (bicyclic) bond motifs is 1. The lowest BCUT2D eigenvalue weighted by atomic mass is 10.1. The monoisotopic (exact) mass is 374 g/mol. The largest absolute Gasteiger partial charge is 0.504 e. The van der Waals surface area contributed by atoms with Gasteiger partial charge in [-0.15, -0.1) is 0 Å². The summed E-state index contributed by atoms with van der Waals surface area (Å²) >= 11 is 0. The summed E-state index contributed by atoms with van der Waals surface area (Å²) in [6.45, 7) is 1.85. The van der Waals surface area contributed by atoms with Gasteiger partial charge in [-0.3, -0.25) is 4.79 Å². The van der Waals surface area contributed by atoms with Crippen molar-refractivity contribution in [3.63, 3.8) is 0 Å². The molecule has 0 atom stereocenters. The van der Waals surface area contributed by atoms with E-state index in [2.05, 4.69) is 0 Å². The van der Waals surface area contributed by atoms with Crippen LogP contribution in [0.15, 0.2) is 51.1 Å². The van der Waals surface area contributed by atoms with Gasteiger partial charge >= 0.3 is 0 Å². The molecule has 144 valence electrons. The van der Waals surface area contributed by atoms with Gasteiger partial charge in [-0.2, -0.15) is 0 Å². The standard InChI is InChI=1S/C20H22O7/c1-6-7-14(23-2)15(24-3)9-8-12-10-13(21)18-16(27-12)11-17(25-4)20(26-5)19(18)22/h6-11,22H,1-5H3/b7-6-,9-8+,15-14-. The molecule has 1 N–H and O–H groups in total. The summed E-state index contributed by atoms with van der Waals surface area (Å²) in [5.74, 6) is 1.23. The third-order valence-electron chi connectivity index (χ3n) is 3.76. The van der Waals surface area contributed by atoms with Gasteiger partial charge in [0.05, 0.1) is 28.4 Å². The molecule has 0 aliphatic rings. The lowest BCUT2D eigenvalue weighted by molar-refractivity contribution is 0.242. The summed E-state index contributed by atoms with van der Waals surface area (Å²) in [4.78, 5) is 12.5. The quantitative estimate of drug-likeness (QED) is 0.585. The summed E-state index contributed by atoms with van der Waals surface area (Å²) in [7, 11) is 5.84. The third kappa shape index (κ3) is 4.08. The Hall–Kier alpha value is -3.35. The van der Waals surface area contributed by atoms with Crippen LogP contribution in [0.25, 0.3) is 17.0 Å². The fraction of sp³-hybridized carbons (Fsp3) is 0.250. The number of rotatable bonds is 7. The van der Waals surface area contributed by atoms with Crippen LogP contribution in [0.5, 0.6) is 17.2 Å². The first-order valence-corrected chi connectivity index (χ1v) is 8.05. The fourth-order valence-corrected chi connectivity index (χ4v) is 2.52. The first-order chi connectivity index (χ1) is 13.0. The van der Waals surface area contributed by atoms with Crippen molar-refractivity contribution in [2.45, 2.75) is 6.92 Å². The van der Waals surface area contributed by atoms with Crippen LogP contribution in [0.3, 0.4) is 0 Å². The van der Waals surface area contributed by atoms with E-state index in [0.29, 0.717) is 11.5 Å². The highest BCUT2D eigenvalue weighted by Gasteiger charge is 2.18. The first-order valence-electron chi connectivity index (χ1n) is 8.05. The average molecular weight is 374 g/mol.